The highest BCUT2D eigenvalue weighted by atomic mass is 19.1. The summed E-state index contributed by atoms with van der Waals surface area (Å²) < 4.78 is 20.2. The van der Waals surface area contributed by atoms with Crippen molar-refractivity contribution in [1.82, 2.24) is 0 Å². The van der Waals surface area contributed by atoms with Gasteiger partial charge in [0.15, 0.2) is 12.4 Å². The van der Waals surface area contributed by atoms with Gasteiger partial charge in [-0.2, -0.15) is 0 Å². The summed E-state index contributed by atoms with van der Waals surface area (Å²) >= 11 is 0. The smallest absolute Gasteiger partial charge is 0.332 e. The van der Waals surface area contributed by atoms with Gasteiger partial charge in [0.2, 0.25) is 5.91 Å². The van der Waals surface area contributed by atoms with Crippen LogP contribution < -0.4 is 14.5 Å². The Hall–Kier alpha value is -3.23. The van der Waals surface area contributed by atoms with E-state index in [-0.39, 0.29) is 59.7 Å². The third-order valence-corrected chi connectivity index (χ3v) is 5.17. The van der Waals surface area contributed by atoms with Crippen LogP contribution in [0.5, 0.6) is 5.75 Å². The minimum absolute atomic E-state index is 0.00545. The lowest BCUT2D eigenvalue weighted by Gasteiger charge is -2.33. The highest BCUT2D eigenvalue weighted by molar-refractivity contribution is 6.22. The molecule has 0 aromatic heterocycles. The first-order valence-corrected chi connectivity index (χ1v) is 9.72. The van der Waals surface area contributed by atoms with Gasteiger partial charge >= 0.3 is 5.97 Å². The maximum atomic E-state index is 14.9. The number of amides is 3. The van der Waals surface area contributed by atoms with Crippen molar-refractivity contribution < 1.29 is 33.4 Å². The molecule has 1 heterocycles. The highest BCUT2D eigenvalue weighted by Gasteiger charge is 2.34. The first-order valence-electron chi connectivity index (χ1n) is 9.72. The summed E-state index contributed by atoms with van der Waals surface area (Å²) in [5.74, 6) is -3.94. The van der Waals surface area contributed by atoms with E-state index in [0.29, 0.717) is 17.7 Å². The summed E-state index contributed by atoms with van der Waals surface area (Å²) in [7, 11) is 0. The van der Waals surface area contributed by atoms with Gasteiger partial charge in [-0.1, -0.05) is 0 Å². The number of hydrogen-bond donors (Lipinski definition) is 1. The van der Waals surface area contributed by atoms with Crippen LogP contribution in [0.3, 0.4) is 0 Å². The molecular formula is C21H23FN2O6. The van der Waals surface area contributed by atoms with Gasteiger partial charge in [-0.25, -0.2) is 14.1 Å². The fourth-order valence-electron chi connectivity index (χ4n) is 3.85. The van der Waals surface area contributed by atoms with Crippen LogP contribution in [-0.2, 0) is 19.2 Å². The number of benzene rings is 1. The summed E-state index contributed by atoms with van der Waals surface area (Å²) in [6, 6.07) is 1.99. The lowest BCUT2D eigenvalue weighted by atomic mass is 9.90. The third-order valence-electron chi connectivity index (χ3n) is 5.17. The molecule has 1 aromatic carbocycles. The zero-order valence-electron chi connectivity index (χ0n) is 17.0. The van der Waals surface area contributed by atoms with Crippen LogP contribution in [-0.4, -0.2) is 41.4 Å². The van der Waals surface area contributed by atoms with Crippen LogP contribution in [0, 0.1) is 5.82 Å². The SMILES string of the molecule is CC(=O)N(C(=O)C1=C(C(=O)O)CCCC1)c1cc2c(cc1F)OCC(=O)N2C(C)C. The molecule has 1 aliphatic heterocycles. The number of carboxylic acids is 1. The maximum Gasteiger partial charge on any atom is 0.332 e. The number of halogens is 1. The number of fused-ring (bicyclic) bond motifs is 1. The van der Waals surface area contributed by atoms with Crippen molar-refractivity contribution in [2.75, 3.05) is 16.4 Å². The first-order chi connectivity index (χ1) is 14.1. The Morgan fingerprint density at radius 3 is 2.37 bits per heavy atom. The molecule has 0 atom stereocenters. The molecule has 1 N–H and O–H groups in total. The van der Waals surface area contributed by atoms with Gasteiger partial charge in [0, 0.05) is 30.2 Å². The second kappa shape index (κ2) is 8.25. The molecule has 2 aliphatic rings. The number of anilines is 2. The monoisotopic (exact) mass is 418 g/mol. The van der Waals surface area contributed by atoms with Crippen LogP contribution in [0.4, 0.5) is 15.8 Å². The van der Waals surface area contributed by atoms with Gasteiger partial charge in [-0.15, -0.1) is 0 Å². The Morgan fingerprint density at radius 1 is 1.17 bits per heavy atom. The lowest BCUT2D eigenvalue weighted by molar-refractivity contribution is -0.133. The number of carbonyl (C=O) groups excluding carboxylic acids is 3. The zero-order valence-corrected chi connectivity index (χ0v) is 17.0. The number of aliphatic carboxylic acids is 1. The van der Waals surface area contributed by atoms with Crippen molar-refractivity contribution in [3.05, 3.63) is 29.1 Å². The molecule has 0 bridgehead atoms. The van der Waals surface area contributed by atoms with E-state index in [9.17, 15) is 28.7 Å². The van der Waals surface area contributed by atoms with E-state index in [4.69, 9.17) is 4.74 Å². The first kappa shape index (κ1) is 21.5. The molecule has 0 radical (unpaired) electrons. The van der Waals surface area contributed by atoms with E-state index < -0.39 is 23.6 Å². The number of rotatable bonds is 4. The fraction of sp³-hybridized carbons (Fsp3) is 0.429. The molecule has 0 unspecified atom stereocenters. The Labute approximate surface area is 172 Å². The molecule has 30 heavy (non-hydrogen) atoms. The van der Waals surface area contributed by atoms with Crippen LogP contribution in [0.15, 0.2) is 23.3 Å². The maximum absolute atomic E-state index is 14.9. The van der Waals surface area contributed by atoms with E-state index in [1.54, 1.807) is 13.8 Å². The van der Waals surface area contributed by atoms with Crippen molar-refractivity contribution >= 4 is 35.1 Å². The minimum atomic E-state index is -1.22. The third kappa shape index (κ3) is 3.79. The quantitative estimate of drug-likeness (QED) is 0.806. The van der Waals surface area contributed by atoms with Crippen molar-refractivity contribution in [3.8, 4) is 5.75 Å². The van der Waals surface area contributed by atoms with Gasteiger partial charge in [0.1, 0.15) is 5.75 Å². The molecule has 1 aliphatic carbocycles. The molecule has 0 saturated carbocycles. The van der Waals surface area contributed by atoms with Gasteiger partial charge in [0.05, 0.1) is 11.4 Å². The molecule has 160 valence electrons. The topological polar surface area (TPSA) is 104 Å². The van der Waals surface area contributed by atoms with E-state index in [1.807, 2.05) is 0 Å². The van der Waals surface area contributed by atoms with Crippen LogP contribution >= 0.6 is 0 Å². The highest BCUT2D eigenvalue weighted by Crippen LogP contribution is 2.39. The van der Waals surface area contributed by atoms with Crippen LogP contribution in [0.1, 0.15) is 46.5 Å². The van der Waals surface area contributed by atoms with Crippen molar-refractivity contribution in [2.45, 2.75) is 52.5 Å². The number of imide groups is 1. The van der Waals surface area contributed by atoms with E-state index >= 15 is 0 Å². The molecule has 0 saturated heterocycles. The summed E-state index contributed by atoms with van der Waals surface area (Å²) in [5.41, 5.74) is -0.168. The number of ether oxygens (including phenoxy) is 1. The van der Waals surface area contributed by atoms with Crippen molar-refractivity contribution in [2.24, 2.45) is 0 Å². The average Bonchev–Trinajstić information content (AvgIpc) is 2.68. The van der Waals surface area contributed by atoms with E-state index in [1.165, 1.54) is 11.0 Å². The van der Waals surface area contributed by atoms with E-state index in [0.717, 1.165) is 13.0 Å². The number of hydrogen-bond acceptors (Lipinski definition) is 5. The second-order valence-corrected chi connectivity index (χ2v) is 7.55. The standard InChI is InChI=1S/C21H23FN2O6/c1-11(2)23-17-9-16(15(22)8-18(17)30-10-19(23)26)24(12(3)25)20(27)13-6-4-5-7-14(13)21(28)29/h8-9,11H,4-7,10H2,1-3H3,(H,28,29). The number of nitrogens with zero attached hydrogens (tertiary/aromatic N) is 2. The summed E-state index contributed by atoms with van der Waals surface area (Å²) in [4.78, 5) is 51.4. The molecule has 0 fully saturated rings. The predicted molar refractivity (Wildman–Crippen MR) is 106 cm³/mol. The number of carbonyl (C=O) groups is 4. The van der Waals surface area contributed by atoms with E-state index in [2.05, 4.69) is 0 Å². The Balaban J connectivity index is 2.14. The molecule has 0 spiro atoms. The van der Waals surface area contributed by atoms with Gasteiger partial charge < -0.3 is 14.7 Å². The minimum Gasteiger partial charge on any atom is -0.481 e. The summed E-state index contributed by atoms with van der Waals surface area (Å²) in [6.45, 7) is 4.41. The Kier molecular flexibility index (Phi) is 5.91. The summed E-state index contributed by atoms with van der Waals surface area (Å²) in [5, 5.41) is 9.44. The van der Waals surface area contributed by atoms with Gasteiger partial charge in [0.25, 0.3) is 11.8 Å². The zero-order chi connectivity index (χ0) is 22.2. The molecule has 8 nitrogen and oxygen atoms in total. The molecule has 3 rings (SSSR count). The molecule has 1 aromatic rings. The van der Waals surface area contributed by atoms with Crippen LogP contribution in [0.2, 0.25) is 0 Å². The van der Waals surface area contributed by atoms with Crippen molar-refractivity contribution in [1.29, 1.82) is 0 Å². The van der Waals surface area contributed by atoms with Crippen LogP contribution in [0.25, 0.3) is 0 Å². The summed E-state index contributed by atoms with van der Waals surface area (Å²) in [6.07, 6.45) is 1.61. The largest absolute Gasteiger partial charge is 0.481 e. The van der Waals surface area contributed by atoms with Crippen molar-refractivity contribution in [3.63, 3.8) is 0 Å². The normalized spacial score (nSPS) is 16.3. The fourth-order valence-corrected chi connectivity index (χ4v) is 3.85. The molecule has 9 heteroatoms. The predicted octanol–water partition coefficient (Wildman–Crippen LogP) is 2.79. The second-order valence-electron chi connectivity index (χ2n) is 7.55. The van der Waals surface area contributed by atoms with Gasteiger partial charge in [-0.3, -0.25) is 14.4 Å². The lowest BCUT2D eigenvalue weighted by Crippen LogP contribution is -2.44. The molecule has 3 amide bonds. The average molecular weight is 418 g/mol. The molecular weight excluding hydrogens is 395 g/mol. The Bertz CT molecular complexity index is 968. The van der Waals surface area contributed by atoms with Gasteiger partial charge in [-0.05, 0) is 45.6 Å². The number of carboxylic acid groups (broad SMARTS) is 1. The Morgan fingerprint density at radius 2 is 1.80 bits per heavy atom.